The van der Waals surface area contributed by atoms with Crippen LogP contribution >= 0.6 is 11.3 Å². The Balaban J connectivity index is 1.44. The molecule has 5 rings (SSSR count). The van der Waals surface area contributed by atoms with Gasteiger partial charge in [-0.2, -0.15) is 5.10 Å². The molecule has 0 radical (unpaired) electrons. The van der Waals surface area contributed by atoms with Gasteiger partial charge in [0, 0.05) is 25.8 Å². The van der Waals surface area contributed by atoms with Crippen molar-refractivity contribution in [2.45, 2.75) is 33.7 Å². The van der Waals surface area contributed by atoms with Gasteiger partial charge in [-0.25, -0.2) is 14.7 Å². The van der Waals surface area contributed by atoms with Crippen molar-refractivity contribution >= 4 is 27.5 Å². The number of carbonyl (C=O) groups is 1. The number of hydrogen-bond donors (Lipinski definition) is 0. The highest BCUT2D eigenvalue weighted by Gasteiger charge is 2.29. The third-order valence-corrected chi connectivity index (χ3v) is 6.56. The zero-order valence-electron chi connectivity index (χ0n) is 18.0. The van der Waals surface area contributed by atoms with Crippen molar-refractivity contribution in [1.29, 1.82) is 0 Å². The fraction of sp³-hybridized carbons (Fsp3) is 0.292. The van der Waals surface area contributed by atoms with Gasteiger partial charge in [-0.05, 0) is 62.6 Å². The molecule has 0 spiro atoms. The maximum atomic E-state index is 13.7. The molecule has 2 aromatic carbocycles. The van der Waals surface area contributed by atoms with E-state index in [1.807, 2.05) is 56.4 Å². The molecule has 0 unspecified atom stereocenters. The van der Waals surface area contributed by atoms with Crippen LogP contribution in [-0.2, 0) is 6.54 Å². The highest BCUT2D eigenvalue weighted by molar-refractivity contribution is 7.18. The first-order chi connectivity index (χ1) is 15.0. The van der Waals surface area contributed by atoms with Gasteiger partial charge in [-0.15, -0.1) is 11.3 Å². The first-order valence-electron chi connectivity index (χ1n) is 10.5. The molecule has 0 aliphatic carbocycles. The molecular formula is C24H25N5OS. The summed E-state index contributed by atoms with van der Waals surface area (Å²) in [6.45, 7) is 8.36. The van der Waals surface area contributed by atoms with Gasteiger partial charge in [0.1, 0.15) is 0 Å². The molecule has 158 valence electrons. The second-order valence-corrected chi connectivity index (χ2v) is 9.42. The van der Waals surface area contributed by atoms with E-state index in [-0.39, 0.29) is 5.91 Å². The second-order valence-electron chi connectivity index (χ2n) is 8.19. The smallest absolute Gasteiger partial charge is 0.270 e. The summed E-state index contributed by atoms with van der Waals surface area (Å²) in [5, 5.41) is 9.57. The van der Waals surface area contributed by atoms with E-state index in [9.17, 15) is 4.79 Å². The maximum Gasteiger partial charge on any atom is 0.270 e. The van der Waals surface area contributed by atoms with Gasteiger partial charge in [-0.1, -0.05) is 17.7 Å². The van der Waals surface area contributed by atoms with Gasteiger partial charge < -0.3 is 0 Å². The zero-order chi connectivity index (χ0) is 21.5. The van der Waals surface area contributed by atoms with Crippen molar-refractivity contribution < 1.29 is 4.79 Å². The van der Waals surface area contributed by atoms with Crippen LogP contribution in [0.1, 0.15) is 38.5 Å². The monoisotopic (exact) mass is 431 g/mol. The van der Waals surface area contributed by atoms with Crippen LogP contribution in [-0.4, -0.2) is 43.8 Å². The molecule has 1 aliphatic heterocycles. The lowest BCUT2D eigenvalue weighted by Crippen LogP contribution is -2.41. The number of amides is 1. The van der Waals surface area contributed by atoms with Crippen molar-refractivity contribution in [2.75, 3.05) is 13.1 Å². The fourth-order valence-corrected chi connectivity index (χ4v) is 5.05. The third kappa shape index (κ3) is 3.86. The van der Waals surface area contributed by atoms with E-state index >= 15 is 0 Å². The number of nitrogens with zero attached hydrogens (tertiary/aromatic N) is 5. The summed E-state index contributed by atoms with van der Waals surface area (Å²) in [6.07, 6.45) is 4.73. The van der Waals surface area contributed by atoms with Gasteiger partial charge in [-0.3, -0.25) is 9.80 Å². The number of aryl methyl sites for hydroxylation is 3. The normalized spacial score (nSPS) is 14.6. The molecule has 1 saturated heterocycles. The molecule has 0 atom stereocenters. The lowest BCUT2D eigenvalue weighted by Gasteiger charge is -2.29. The summed E-state index contributed by atoms with van der Waals surface area (Å²) in [4.78, 5) is 18.2. The molecular weight excluding hydrogens is 406 g/mol. The molecule has 31 heavy (non-hydrogen) atoms. The number of fused-ring (bicyclic) bond motifs is 1. The Morgan fingerprint density at radius 2 is 1.94 bits per heavy atom. The van der Waals surface area contributed by atoms with Crippen molar-refractivity contribution in [1.82, 2.24) is 24.8 Å². The fourth-order valence-electron chi connectivity index (χ4n) is 4.16. The Bertz CT molecular complexity index is 1270. The largest absolute Gasteiger partial charge is 0.271 e. The van der Waals surface area contributed by atoms with Gasteiger partial charge in [0.25, 0.3) is 5.91 Å². The average molecular weight is 432 g/mol. The average Bonchev–Trinajstić information content (AvgIpc) is 3.46. The first-order valence-corrected chi connectivity index (χ1v) is 11.3. The lowest BCUT2D eigenvalue weighted by atomic mass is 10.1. The van der Waals surface area contributed by atoms with E-state index in [0.717, 1.165) is 46.8 Å². The van der Waals surface area contributed by atoms with Crippen LogP contribution < -0.4 is 0 Å². The topological polar surface area (TPSA) is 54.3 Å². The third-order valence-electron chi connectivity index (χ3n) is 5.63. The molecule has 0 saturated carbocycles. The van der Waals surface area contributed by atoms with Crippen LogP contribution in [0.3, 0.4) is 0 Å². The van der Waals surface area contributed by atoms with E-state index < -0.39 is 0 Å². The summed E-state index contributed by atoms with van der Waals surface area (Å²) < 4.78 is 2.99. The van der Waals surface area contributed by atoms with E-state index in [2.05, 4.69) is 33.3 Å². The van der Waals surface area contributed by atoms with Crippen molar-refractivity contribution in [3.05, 3.63) is 76.1 Å². The van der Waals surface area contributed by atoms with Crippen LogP contribution in [0.15, 0.2) is 48.8 Å². The number of hydrogen-bond acceptors (Lipinski definition) is 5. The number of aromatic nitrogens is 3. The lowest BCUT2D eigenvalue weighted by molar-refractivity contribution is 0.0170. The summed E-state index contributed by atoms with van der Waals surface area (Å²) in [7, 11) is 0. The minimum absolute atomic E-state index is 0.0269. The summed E-state index contributed by atoms with van der Waals surface area (Å²) in [5.74, 6) is 0.0269. The molecule has 1 amide bonds. The van der Waals surface area contributed by atoms with Crippen LogP contribution in [0.2, 0.25) is 0 Å². The molecule has 1 aliphatic rings. The van der Waals surface area contributed by atoms with E-state index in [1.165, 1.54) is 10.3 Å². The van der Waals surface area contributed by atoms with E-state index in [1.54, 1.807) is 16.0 Å². The van der Waals surface area contributed by atoms with Gasteiger partial charge in [0.2, 0.25) is 0 Å². The molecule has 0 bridgehead atoms. The molecule has 4 aromatic rings. The van der Waals surface area contributed by atoms with E-state index in [0.29, 0.717) is 12.1 Å². The number of carbonyl (C=O) groups excluding carboxylic acids is 1. The Morgan fingerprint density at radius 1 is 1.06 bits per heavy atom. The quantitative estimate of drug-likeness (QED) is 0.471. The minimum Gasteiger partial charge on any atom is -0.271 e. The zero-order valence-corrected chi connectivity index (χ0v) is 18.8. The Labute approximate surface area is 185 Å². The highest BCUT2D eigenvalue weighted by atomic mass is 32.1. The number of benzene rings is 2. The first kappa shape index (κ1) is 19.9. The number of rotatable bonds is 4. The molecule has 6 nitrogen and oxygen atoms in total. The maximum absolute atomic E-state index is 13.7. The Morgan fingerprint density at radius 3 is 2.74 bits per heavy atom. The predicted octanol–water partition coefficient (Wildman–Crippen LogP) is 4.67. The number of hydrazine groups is 1. The summed E-state index contributed by atoms with van der Waals surface area (Å²) in [5.41, 5.74) is 5.87. The van der Waals surface area contributed by atoms with Crippen molar-refractivity contribution in [3.8, 4) is 5.69 Å². The molecule has 1 fully saturated rings. The minimum atomic E-state index is 0.0269. The Hall–Kier alpha value is -3.03. The standard InChI is InChI=1S/C24H25N5OS/c1-16-5-8-22(28-14-17(2)13-25-28)20(11-16)24(30)29-10-4-9-27(29)15-19-6-7-21-23(12-19)31-18(3)26-21/h5-8,11-14H,4,9-10,15H2,1-3H3. The molecule has 2 aromatic heterocycles. The molecule has 7 heteroatoms. The van der Waals surface area contributed by atoms with Crippen LogP contribution in [0, 0.1) is 20.8 Å². The van der Waals surface area contributed by atoms with Gasteiger partial charge in [0.05, 0.1) is 32.7 Å². The van der Waals surface area contributed by atoms with Crippen molar-refractivity contribution in [3.63, 3.8) is 0 Å². The predicted molar refractivity (Wildman–Crippen MR) is 123 cm³/mol. The van der Waals surface area contributed by atoms with Crippen LogP contribution in [0.4, 0.5) is 0 Å². The van der Waals surface area contributed by atoms with Crippen molar-refractivity contribution in [2.24, 2.45) is 0 Å². The Kier molecular flexibility index (Phi) is 5.08. The van der Waals surface area contributed by atoms with Crippen LogP contribution in [0.5, 0.6) is 0 Å². The number of thiazole rings is 1. The summed E-state index contributed by atoms with van der Waals surface area (Å²) >= 11 is 1.71. The second kappa shape index (κ2) is 7.90. The summed E-state index contributed by atoms with van der Waals surface area (Å²) in [6, 6.07) is 12.4. The van der Waals surface area contributed by atoms with E-state index in [4.69, 9.17) is 0 Å². The highest BCUT2D eigenvalue weighted by Crippen LogP contribution is 2.26. The molecule has 0 N–H and O–H groups in total. The van der Waals surface area contributed by atoms with Crippen LogP contribution in [0.25, 0.3) is 15.9 Å². The van der Waals surface area contributed by atoms with Gasteiger partial charge >= 0.3 is 0 Å². The van der Waals surface area contributed by atoms with Gasteiger partial charge in [0.15, 0.2) is 0 Å². The molecule has 3 heterocycles. The SMILES string of the molecule is Cc1ccc(-n2cc(C)cn2)c(C(=O)N2CCCN2Cc2ccc3nc(C)sc3c2)c1.